The molecule has 0 saturated heterocycles. The number of aryl methyl sites for hydroxylation is 2. The summed E-state index contributed by atoms with van der Waals surface area (Å²) in [5.74, 6) is -1.17. The Morgan fingerprint density at radius 3 is 2.27 bits per heavy atom. The van der Waals surface area contributed by atoms with Gasteiger partial charge < -0.3 is 10.1 Å². The third-order valence-electron chi connectivity index (χ3n) is 4.28. The maximum Gasteiger partial charge on any atom is 0.339 e. The number of nitrogens with one attached hydrogen (secondary N) is 1. The summed E-state index contributed by atoms with van der Waals surface area (Å²) in [7, 11) is -3.75. The average molecular weight is 453 g/mol. The molecule has 0 fully saturated rings. The number of ether oxygens (including phenoxy) is 1. The molecule has 0 saturated carbocycles. The van der Waals surface area contributed by atoms with Crippen molar-refractivity contribution in [1.82, 2.24) is 0 Å². The number of hydrogen-bond donors (Lipinski definition) is 1. The minimum Gasteiger partial charge on any atom is -0.462 e. The first-order valence-electron chi connectivity index (χ1n) is 9.29. The molecule has 7 nitrogen and oxygen atoms in total. The molecule has 0 spiro atoms. The van der Waals surface area contributed by atoms with Crippen LogP contribution in [0.3, 0.4) is 0 Å². The zero-order chi connectivity index (χ0) is 22.6. The predicted octanol–water partition coefficient (Wildman–Crippen LogP) is 3.93. The van der Waals surface area contributed by atoms with Crippen LogP contribution in [0, 0.1) is 13.8 Å². The Hall–Kier alpha value is -2.58. The summed E-state index contributed by atoms with van der Waals surface area (Å²) in [5, 5.41) is 2.83. The number of anilines is 2. The standard InChI is InChI=1S/C21H25ClN2O5S/c1-6-29-21(26)18-12-16(7-8-19(18)22)23-20(25)15(4)24(30(5,27)28)17-10-13(2)9-14(3)11-17/h7-12,15H,6H2,1-5H3,(H,23,25)/t15-/m1/s1. The second-order valence-corrected chi connectivity index (χ2v) is 9.25. The molecule has 0 aliphatic rings. The van der Waals surface area contributed by atoms with Gasteiger partial charge in [-0.3, -0.25) is 9.10 Å². The number of halogens is 1. The molecule has 0 heterocycles. The number of rotatable bonds is 7. The van der Waals surface area contributed by atoms with Crippen molar-refractivity contribution in [3.63, 3.8) is 0 Å². The molecule has 0 aliphatic heterocycles. The Balaban J connectivity index is 2.34. The molecule has 1 N–H and O–H groups in total. The summed E-state index contributed by atoms with van der Waals surface area (Å²) in [5.41, 5.74) is 2.57. The molecule has 2 aromatic carbocycles. The van der Waals surface area contributed by atoms with Gasteiger partial charge in [0, 0.05) is 5.69 Å². The highest BCUT2D eigenvalue weighted by Crippen LogP contribution is 2.25. The van der Waals surface area contributed by atoms with Gasteiger partial charge in [0.05, 0.1) is 29.1 Å². The largest absolute Gasteiger partial charge is 0.462 e. The summed E-state index contributed by atoms with van der Waals surface area (Å²) in [6.07, 6.45) is 1.05. The quantitative estimate of drug-likeness (QED) is 0.642. The molecule has 9 heteroatoms. The SMILES string of the molecule is CCOC(=O)c1cc(NC(=O)[C@@H](C)N(c2cc(C)cc(C)c2)S(C)(=O)=O)ccc1Cl. The van der Waals surface area contributed by atoms with Crippen molar-refractivity contribution in [3.8, 4) is 0 Å². The van der Waals surface area contributed by atoms with Crippen LogP contribution in [-0.2, 0) is 19.6 Å². The first-order valence-corrected chi connectivity index (χ1v) is 11.5. The smallest absolute Gasteiger partial charge is 0.339 e. The van der Waals surface area contributed by atoms with E-state index >= 15 is 0 Å². The molecular weight excluding hydrogens is 428 g/mol. The average Bonchev–Trinajstić information content (AvgIpc) is 2.61. The highest BCUT2D eigenvalue weighted by molar-refractivity contribution is 7.92. The maximum atomic E-state index is 12.9. The number of esters is 1. The van der Waals surface area contributed by atoms with Gasteiger partial charge in [0.15, 0.2) is 0 Å². The third-order valence-corrected chi connectivity index (χ3v) is 5.85. The van der Waals surface area contributed by atoms with Crippen molar-refractivity contribution in [2.24, 2.45) is 0 Å². The normalized spacial score (nSPS) is 12.2. The van der Waals surface area contributed by atoms with Crippen molar-refractivity contribution >= 4 is 44.9 Å². The van der Waals surface area contributed by atoms with E-state index in [1.54, 1.807) is 19.1 Å². The molecule has 0 radical (unpaired) electrons. The lowest BCUT2D eigenvalue weighted by Gasteiger charge is -2.29. The van der Waals surface area contributed by atoms with Crippen molar-refractivity contribution in [2.45, 2.75) is 33.7 Å². The van der Waals surface area contributed by atoms with Crippen LogP contribution in [-0.4, -0.2) is 39.2 Å². The Kier molecular flexibility index (Phi) is 7.49. The Bertz CT molecular complexity index is 1050. The third kappa shape index (κ3) is 5.73. The molecule has 1 amide bonds. The number of carbonyl (C=O) groups excluding carboxylic acids is 2. The molecule has 1 atom stereocenters. The van der Waals surface area contributed by atoms with Crippen molar-refractivity contribution in [1.29, 1.82) is 0 Å². The van der Waals surface area contributed by atoms with E-state index in [2.05, 4.69) is 5.32 Å². The van der Waals surface area contributed by atoms with Gasteiger partial charge in [0.25, 0.3) is 0 Å². The lowest BCUT2D eigenvalue weighted by Crippen LogP contribution is -2.45. The van der Waals surface area contributed by atoms with Crippen LogP contribution in [0.2, 0.25) is 5.02 Å². The zero-order valence-corrected chi connectivity index (χ0v) is 19.1. The summed E-state index contributed by atoms with van der Waals surface area (Å²) in [4.78, 5) is 24.9. The molecule has 0 bridgehead atoms. The molecular formula is C21H25ClN2O5S. The lowest BCUT2D eigenvalue weighted by molar-refractivity contribution is -0.116. The van der Waals surface area contributed by atoms with E-state index in [9.17, 15) is 18.0 Å². The fourth-order valence-corrected chi connectivity index (χ4v) is 4.45. The number of carbonyl (C=O) groups is 2. The summed E-state index contributed by atoms with van der Waals surface area (Å²) < 4.78 is 31.0. The predicted molar refractivity (Wildman–Crippen MR) is 119 cm³/mol. The van der Waals surface area contributed by atoms with E-state index in [0.717, 1.165) is 21.7 Å². The molecule has 0 unspecified atom stereocenters. The van der Waals surface area contributed by atoms with Crippen molar-refractivity contribution in [2.75, 3.05) is 22.5 Å². The van der Waals surface area contributed by atoms with E-state index in [4.69, 9.17) is 16.3 Å². The van der Waals surface area contributed by atoms with Gasteiger partial charge in [0.1, 0.15) is 6.04 Å². The molecule has 162 valence electrons. The number of sulfonamides is 1. The fraction of sp³-hybridized carbons (Fsp3) is 0.333. The Morgan fingerprint density at radius 2 is 1.73 bits per heavy atom. The van der Waals surface area contributed by atoms with Crippen molar-refractivity contribution < 1.29 is 22.7 Å². The first kappa shape index (κ1) is 23.7. The van der Waals surface area contributed by atoms with Crippen LogP contribution in [0.15, 0.2) is 36.4 Å². The second-order valence-electron chi connectivity index (χ2n) is 6.99. The van der Waals surface area contributed by atoms with E-state index in [1.165, 1.54) is 25.1 Å². The van der Waals surface area contributed by atoms with Crippen LogP contribution in [0.1, 0.15) is 35.3 Å². The van der Waals surface area contributed by atoms with Crippen LogP contribution < -0.4 is 9.62 Å². The monoisotopic (exact) mass is 452 g/mol. The van der Waals surface area contributed by atoms with Crippen molar-refractivity contribution in [3.05, 3.63) is 58.1 Å². The van der Waals surface area contributed by atoms with E-state index in [0.29, 0.717) is 11.4 Å². The van der Waals surface area contributed by atoms with Gasteiger partial charge in [0.2, 0.25) is 15.9 Å². The summed E-state index contributed by atoms with van der Waals surface area (Å²) >= 11 is 6.04. The number of hydrogen-bond acceptors (Lipinski definition) is 5. The minimum absolute atomic E-state index is 0.109. The molecule has 30 heavy (non-hydrogen) atoms. The van der Waals surface area contributed by atoms with Crippen LogP contribution in [0.25, 0.3) is 0 Å². The minimum atomic E-state index is -3.75. The Labute approximate surface area is 182 Å². The zero-order valence-electron chi connectivity index (χ0n) is 17.5. The highest BCUT2D eigenvalue weighted by Gasteiger charge is 2.29. The van der Waals surface area contributed by atoms with Gasteiger partial charge >= 0.3 is 5.97 Å². The molecule has 0 aliphatic carbocycles. The van der Waals surface area contributed by atoms with E-state index in [-0.39, 0.29) is 17.2 Å². The van der Waals surface area contributed by atoms with Gasteiger partial charge in [-0.2, -0.15) is 0 Å². The molecule has 2 aromatic rings. The fourth-order valence-electron chi connectivity index (χ4n) is 3.10. The summed E-state index contributed by atoms with van der Waals surface area (Å²) in [6, 6.07) is 8.68. The van der Waals surface area contributed by atoms with Crippen LogP contribution >= 0.6 is 11.6 Å². The lowest BCUT2D eigenvalue weighted by atomic mass is 10.1. The number of benzene rings is 2. The Morgan fingerprint density at radius 1 is 1.13 bits per heavy atom. The summed E-state index contributed by atoms with van der Waals surface area (Å²) in [6.45, 7) is 7.06. The van der Waals surface area contributed by atoms with Gasteiger partial charge in [-0.25, -0.2) is 13.2 Å². The number of amides is 1. The molecule has 2 rings (SSSR count). The van der Waals surface area contributed by atoms with E-state index < -0.39 is 27.9 Å². The van der Waals surface area contributed by atoms with Crippen LogP contribution in [0.5, 0.6) is 0 Å². The highest BCUT2D eigenvalue weighted by atomic mass is 35.5. The van der Waals surface area contributed by atoms with Gasteiger partial charge in [-0.15, -0.1) is 0 Å². The van der Waals surface area contributed by atoms with Gasteiger partial charge in [-0.1, -0.05) is 17.7 Å². The number of nitrogens with zero attached hydrogens (tertiary/aromatic N) is 1. The van der Waals surface area contributed by atoms with Crippen LogP contribution in [0.4, 0.5) is 11.4 Å². The topological polar surface area (TPSA) is 92.8 Å². The first-order chi connectivity index (χ1) is 13.9. The second kappa shape index (κ2) is 9.49. The maximum absolute atomic E-state index is 12.9. The van der Waals surface area contributed by atoms with E-state index in [1.807, 2.05) is 19.9 Å². The molecule has 0 aromatic heterocycles. The van der Waals surface area contributed by atoms with Gasteiger partial charge in [-0.05, 0) is 69.2 Å².